The van der Waals surface area contributed by atoms with E-state index in [9.17, 15) is 14.4 Å². The molecule has 8 nitrogen and oxygen atoms in total. The zero-order chi connectivity index (χ0) is 19.9. The van der Waals surface area contributed by atoms with Crippen molar-refractivity contribution >= 4 is 12.0 Å². The van der Waals surface area contributed by atoms with Gasteiger partial charge in [0.05, 0.1) is 18.8 Å². The van der Waals surface area contributed by atoms with Crippen molar-refractivity contribution in [2.75, 3.05) is 19.7 Å². The number of hydrogen-bond donors (Lipinski definition) is 1. The minimum atomic E-state index is -0.384. The molecule has 1 aromatic heterocycles. The highest BCUT2D eigenvalue weighted by Crippen LogP contribution is 2.19. The fraction of sp³-hybridized carbons (Fsp3) is 0.600. The zero-order valence-electron chi connectivity index (χ0n) is 16.4. The van der Waals surface area contributed by atoms with Crippen LogP contribution in [0, 0.1) is 0 Å². The quantitative estimate of drug-likeness (QED) is 0.750. The van der Waals surface area contributed by atoms with Crippen molar-refractivity contribution < 1.29 is 14.3 Å². The van der Waals surface area contributed by atoms with Crippen LogP contribution in [0.3, 0.4) is 0 Å². The van der Waals surface area contributed by atoms with E-state index in [1.807, 2.05) is 0 Å². The second kappa shape index (κ2) is 9.52. The summed E-state index contributed by atoms with van der Waals surface area (Å²) in [6.07, 6.45) is 8.00. The predicted molar refractivity (Wildman–Crippen MR) is 104 cm³/mol. The summed E-state index contributed by atoms with van der Waals surface area (Å²) in [5.74, 6) is -0.213. The number of ether oxygens (including phenoxy) is 1. The van der Waals surface area contributed by atoms with Crippen molar-refractivity contribution in [1.29, 1.82) is 0 Å². The Morgan fingerprint density at radius 1 is 1.29 bits per heavy atom. The monoisotopic (exact) mass is 388 g/mol. The lowest BCUT2D eigenvalue weighted by molar-refractivity contribution is -0.121. The van der Waals surface area contributed by atoms with Crippen LogP contribution in [0.25, 0.3) is 0 Å². The summed E-state index contributed by atoms with van der Waals surface area (Å²) in [6, 6.07) is 1.47. The van der Waals surface area contributed by atoms with Crippen molar-refractivity contribution in [3.63, 3.8) is 0 Å². The van der Waals surface area contributed by atoms with E-state index in [1.54, 1.807) is 11.8 Å². The molecule has 2 amide bonds. The largest absolute Gasteiger partial charge is 0.450 e. The Morgan fingerprint density at radius 3 is 2.89 bits per heavy atom. The zero-order valence-corrected chi connectivity index (χ0v) is 16.4. The van der Waals surface area contributed by atoms with Gasteiger partial charge in [0.2, 0.25) is 5.91 Å². The van der Waals surface area contributed by atoms with Crippen LogP contribution in [0.4, 0.5) is 4.79 Å². The molecule has 1 aliphatic carbocycles. The van der Waals surface area contributed by atoms with E-state index < -0.39 is 0 Å². The van der Waals surface area contributed by atoms with Crippen LogP contribution < -0.4 is 10.9 Å². The lowest BCUT2D eigenvalue weighted by atomic mass is 9.97. The number of rotatable bonds is 6. The Balaban J connectivity index is 1.55. The molecule has 0 unspecified atom stereocenters. The van der Waals surface area contributed by atoms with Gasteiger partial charge in [0.15, 0.2) is 0 Å². The minimum absolute atomic E-state index is 0.0905. The molecule has 0 atom stereocenters. The van der Waals surface area contributed by atoms with Gasteiger partial charge in [0.25, 0.3) is 5.56 Å². The summed E-state index contributed by atoms with van der Waals surface area (Å²) >= 11 is 0. The van der Waals surface area contributed by atoms with E-state index in [0.717, 1.165) is 25.0 Å². The van der Waals surface area contributed by atoms with Gasteiger partial charge in [-0.15, -0.1) is 0 Å². The normalized spacial score (nSPS) is 16.2. The molecule has 28 heavy (non-hydrogen) atoms. The highest BCUT2D eigenvalue weighted by molar-refractivity contribution is 5.75. The first-order valence-corrected chi connectivity index (χ1v) is 10.0. The van der Waals surface area contributed by atoms with Gasteiger partial charge in [0, 0.05) is 31.1 Å². The molecular weight excluding hydrogens is 360 g/mol. The van der Waals surface area contributed by atoms with Crippen LogP contribution in [0.5, 0.6) is 0 Å². The number of aromatic nitrogens is 2. The predicted octanol–water partition coefficient (Wildman–Crippen LogP) is 1.76. The van der Waals surface area contributed by atoms with Gasteiger partial charge in [-0.25, -0.2) is 9.48 Å². The molecule has 1 N–H and O–H groups in total. The van der Waals surface area contributed by atoms with Crippen molar-refractivity contribution in [3.05, 3.63) is 39.3 Å². The number of carbonyl (C=O) groups is 2. The van der Waals surface area contributed by atoms with Crippen LogP contribution in [-0.2, 0) is 29.0 Å². The molecular formula is C20H28N4O4. The third-order valence-corrected chi connectivity index (χ3v) is 5.12. The molecule has 0 radical (unpaired) electrons. The van der Waals surface area contributed by atoms with Gasteiger partial charge < -0.3 is 15.0 Å². The van der Waals surface area contributed by atoms with Crippen LogP contribution >= 0.6 is 0 Å². The molecule has 8 heteroatoms. The maximum absolute atomic E-state index is 12.3. The maximum Gasteiger partial charge on any atom is 0.410 e. The number of hydrogen-bond acceptors (Lipinski definition) is 5. The van der Waals surface area contributed by atoms with E-state index in [4.69, 9.17) is 4.74 Å². The number of nitrogens with zero attached hydrogens (tertiary/aromatic N) is 3. The summed E-state index contributed by atoms with van der Waals surface area (Å²) in [6.45, 7) is 3.35. The van der Waals surface area contributed by atoms with E-state index in [-0.39, 0.29) is 24.1 Å². The van der Waals surface area contributed by atoms with Gasteiger partial charge in [-0.2, -0.15) is 5.10 Å². The smallest absolute Gasteiger partial charge is 0.410 e. The Bertz CT molecular complexity index is 815. The Labute approximate surface area is 164 Å². The van der Waals surface area contributed by atoms with Crippen molar-refractivity contribution in [2.45, 2.75) is 58.5 Å². The molecule has 0 saturated carbocycles. The topological polar surface area (TPSA) is 93.5 Å². The van der Waals surface area contributed by atoms with Crippen LogP contribution in [0.2, 0.25) is 0 Å². The Kier molecular flexibility index (Phi) is 6.84. The molecule has 0 bridgehead atoms. The van der Waals surface area contributed by atoms with E-state index in [0.29, 0.717) is 38.2 Å². The van der Waals surface area contributed by atoms with Gasteiger partial charge >= 0.3 is 6.09 Å². The van der Waals surface area contributed by atoms with E-state index in [2.05, 4.69) is 16.5 Å². The van der Waals surface area contributed by atoms with Crippen LogP contribution in [0.1, 0.15) is 50.3 Å². The molecule has 152 valence electrons. The number of amides is 2. The maximum atomic E-state index is 12.3. The van der Waals surface area contributed by atoms with Crippen molar-refractivity contribution in [2.24, 2.45) is 0 Å². The Morgan fingerprint density at radius 2 is 2.14 bits per heavy atom. The standard InChI is InChI=1S/C20H28N4O4/c1-2-28-20(27)23-11-9-17-16(13-23)12-19(26)24(22-17)14-18(25)21-10-8-15-6-4-3-5-7-15/h6,12H,2-5,7-11,13-14H2,1H3,(H,21,25). The third kappa shape index (κ3) is 5.21. The van der Waals surface area contributed by atoms with Crippen LogP contribution in [0.15, 0.2) is 22.5 Å². The average Bonchev–Trinajstić information content (AvgIpc) is 2.69. The van der Waals surface area contributed by atoms with Crippen molar-refractivity contribution in [1.82, 2.24) is 20.0 Å². The molecule has 0 fully saturated rings. The lowest BCUT2D eigenvalue weighted by Crippen LogP contribution is -2.40. The second-order valence-electron chi connectivity index (χ2n) is 7.19. The molecule has 0 saturated heterocycles. The van der Waals surface area contributed by atoms with E-state index >= 15 is 0 Å². The first-order chi connectivity index (χ1) is 13.6. The number of carbonyl (C=O) groups excluding carboxylic acids is 2. The Hall–Kier alpha value is -2.64. The van der Waals surface area contributed by atoms with Crippen molar-refractivity contribution in [3.8, 4) is 0 Å². The first-order valence-electron chi connectivity index (χ1n) is 10.0. The second-order valence-corrected chi connectivity index (χ2v) is 7.19. The molecule has 1 aromatic rings. The SMILES string of the molecule is CCOC(=O)N1CCc2nn(CC(=O)NCCC3=CCCCC3)c(=O)cc2C1. The molecule has 0 spiro atoms. The number of fused-ring (bicyclic) bond motifs is 1. The third-order valence-electron chi connectivity index (χ3n) is 5.12. The number of allylic oxidation sites excluding steroid dienone is 1. The average molecular weight is 388 g/mol. The fourth-order valence-corrected chi connectivity index (χ4v) is 3.61. The van der Waals surface area contributed by atoms with Crippen LogP contribution in [-0.4, -0.2) is 46.4 Å². The van der Waals surface area contributed by atoms with Gasteiger partial charge in [-0.1, -0.05) is 11.6 Å². The molecule has 2 heterocycles. The summed E-state index contributed by atoms with van der Waals surface area (Å²) in [5.41, 5.74) is 2.53. The highest BCUT2D eigenvalue weighted by Gasteiger charge is 2.24. The van der Waals surface area contributed by atoms with E-state index in [1.165, 1.54) is 29.2 Å². The molecule has 0 aromatic carbocycles. The molecule has 2 aliphatic rings. The van der Waals surface area contributed by atoms with Gasteiger partial charge in [0.1, 0.15) is 6.54 Å². The summed E-state index contributed by atoms with van der Waals surface area (Å²) in [7, 11) is 0. The summed E-state index contributed by atoms with van der Waals surface area (Å²) < 4.78 is 6.21. The summed E-state index contributed by atoms with van der Waals surface area (Å²) in [4.78, 5) is 37.9. The molecule has 1 aliphatic heterocycles. The molecule has 3 rings (SSSR count). The lowest BCUT2D eigenvalue weighted by Gasteiger charge is -2.27. The summed E-state index contributed by atoms with van der Waals surface area (Å²) in [5, 5.41) is 7.22. The number of nitrogens with one attached hydrogen (secondary N) is 1. The van der Waals surface area contributed by atoms with Gasteiger partial charge in [-0.3, -0.25) is 9.59 Å². The highest BCUT2D eigenvalue weighted by atomic mass is 16.6. The van der Waals surface area contributed by atoms with Gasteiger partial charge in [-0.05, 0) is 39.0 Å². The first kappa shape index (κ1) is 20.1. The minimum Gasteiger partial charge on any atom is -0.450 e. The fourth-order valence-electron chi connectivity index (χ4n) is 3.61.